The van der Waals surface area contributed by atoms with Crippen LogP contribution in [-0.2, 0) is 20.9 Å². The van der Waals surface area contributed by atoms with Crippen molar-refractivity contribution in [3.05, 3.63) is 47.3 Å². The number of carbonyl (C=O) groups excluding carboxylic acids is 5. The van der Waals surface area contributed by atoms with E-state index >= 15 is 0 Å². The quantitative estimate of drug-likeness (QED) is 0.371. The highest BCUT2D eigenvalue weighted by Gasteiger charge is 2.73. The van der Waals surface area contributed by atoms with E-state index in [4.69, 9.17) is 0 Å². The SMILES string of the molecule is CC(C(=O)N1CCC(n2cc(CNc3cccc4c3C(=O)N(C3CCC(=O)NC3=O)C4=O)cn2)CC1)(C(F)(F)F)C(F)(F)F. The molecule has 2 fully saturated rings. The number of likely N-dealkylation sites (tertiary alicyclic amines) is 1. The summed E-state index contributed by atoms with van der Waals surface area (Å²) < 4.78 is 81.6. The predicted molar refractivity (Wildman–Crippen MR) is 138 cm³/mol. The Labute approximate surface area is 245 Å². The molecule has 1 unspecified atom stereocenters. The number of anilines is 1. The highest BCUT2D eigenvalue weighted by atomic mass is 19.4. The van der Waals surface area contributed by atoms with Crippen molar-refractivity contribution in [2.75, 3.05) is 18.4 Å². The minimum absolute atomic E-state index is 0.00907. The average Bonchev–Trinajstić information content (AvgIpc) is 3.53. The van der Waals surface area contributed by atoms with Crippen molar-refractivity contribution in [1.82, 2.24) is 24.9 Å². The lowest BCUT2D eigenvalue weighted by atomic mass is 9.86. The van der Waals surface area contributed by atoms with E-state index in [-0.39, 0.29) is 63.4 Å². The number of rotatable bonds is 6. The van der Waals surface area contributed by atoms with Crippen molar-refractivity contribution in [1.29, 1.82) is 0 Å². The molecule has 2 saturated heterocycles. The molecule has 44 heavy (non-hydrogen) atoms. The Morgan fingerprint density at radius 2 is 1.66 bits per heavy atom. The minimum atomic E-state index is -5.82. The van der Waals surface area contributed by atoms with E-state index < -0.39 is 59.4 Å². The van der Waals surface area contributed by atoms with Gasteiger partial charge in [0.15, 0.2) is 0 Å². The molecule has 1 atom stereocenters. The zero-order chi connectivity index (χ0) is 32.2. The first-order valence-corrected chi connectivity index (χ1v) is 13.6. The summed E-state index contributed by atoms with van der Waals surface area (Å²) in [6, 6.07) is 3.07. The summed E-state index contributed by atoms with van der Waals surface area (Å²) in [5.41, 5.74) is -3.43. The average molecular weight is 629 g/mol. The third-order valence-electron chi connectivity index (χ3n) is 8.29. The second kappa shape index (κ2) is 10.9. The number of piperidine rings is 2. The van der Waals surface area contributed by atoms with Gasteiger partial charge in [-0.1, -0.05) is 6.07 Å². The van der Waals surface area contributed by atoms with Crippen LogP contribution in [0.3, 0.4) is 0 Å². The molecule has 2 N–H and O–H groups in total. The van der Waals surface area contributed by atoms with Crippen molar-refractivity contribution in [3.63, 3.8) is 0 Å². The molecular weight excluding hydrogens is 602 g/mol. The van der Waals surface area contributed by atoms with E-state index in [1.165, 1.54) is 16.9 Å². The molecule has 0 saturated carbocycles. The van der Waals surface area contributed by atoms with E-state index in [9.17, 15) is 50.3 Å². The van der Waals surface area contributed by atoms with Gasteiger partial charge < -0.3 is 10.2 Å². The molecule has 3 aliphatic heterocycles. The summed E-state index contributed by atoms with van der Waals surface area (Å²) in [4.78, 5) is 63.9. The molecule has 3 aliphatic rings. The molecule has 0 spiro atoms. The number of carbonyl (C=O) groups is 5. The van der Waals surface area contributed by atoms with E-state index in [1.807, 2.05) is 0 Å². The van der Waals surface area contributed by atoms with Crippen molar-refractivity contribution in [2.24, 2.45) is 5.41 Å². The van der Waals surface area contributed by atoms with Crippen LogP contribution in [0.5, 0.6) is 0 Å². The van der Waals surface area contributed by atoms with Crippen molar-refractivity contribution < 1.29 is 50.3 Å². The van der Waals surface area contributed by atoms with Crippen LogP contribution in [0, 0.1) is 5.41 Å². The summed E-state index contributed by atoms with van der Waals surface area (Å²) in [7, 11) is 0. The van der Waals surface area contributed by atoms with Crippen LogP contribution in [0.2, 0.25) is 0 Å². The van der Waals surface area contributed by atoms with Crippen LogP contribution in [0.15, 0.2) is 30.6 Å². The Hall–Kier alpha value is -4.44. The second-order valence-corrected chi connectivity index (χ2v) is 11.0. The standard InChI is InChI=1S/C27H26F6N6O5/c1-25(26(28,29)30,27(31,32)33)24(44)37-9-7-15(8-10-37)38-13-14(12-35-38)11-34-17-4-2-3-16-20(17)23(43)39(22(16)42)18-5-6-19(40)36-21(18)41/h2-4,12-13,15,18,34H,5-11H2,1H3,(H,36,40,41). The number of alkyl halides is 6. The summed E-state index contributed by atoms with van der Waals surface area (Å²) in [6.45, 7) is -0.668. The Kier molecular flexibility index (Phi) is 7.70. The third-order valence-corrected chi connectivity index (χ3v) is 8.29. The number of amides is 5. The zero-order valence-corrected chi connectivity index (χ0v) is 23.1. The predicted octanol–water partition coefficient (Wildman–Crippen LogP) is 3.19. The number of nitrogens with zero attached hydrogens (tertiary/aromatic N) is 4. The van der Waals surface area contributed by atoms with Crippen molar-refractivity contribution in [2.45, 2.75) is 63.6 Å². The van der Waals surface area contributed by atoms with Gasteiger partial charge in [0.1, 0.15) is 6.04 Å². The van der Waals surface area contributed by atoms with Gasteiger partial charge in [-0.15, -0.1) is 0 Å². The Bertz CT molecular complexity index is 1510. The van der Waals surface area contributed by atoms with E-state index in [2.05, 4.69) is 15.7 Å². The molecule has 0 bridgehead atoms. The molecule has 236 valence electrons. The zero-order valence-electron chi connectivity index (χ0n) is 23.1. The second-order valence-electron chi connectivity index (χ2n) is 11.0. The summed E-state index contributed by atoms with van der Waals surface area (Å²) in [5, 5.41) is 9.44. The number of nitrogens with one attached hydrogen (secondary N) is 2. The lowest BCUT2D eigenvalue weighted by Gasteiger charge is -2.39. The molecular formula is C27H26F6N6O5. The Morgan fingerprint density at radius 3 is 2.27 bits per heavy atom. The number of hydrogen-bond acceptors (Lipinski definition) is 7. The lowest BCUT2D eigenvalue weighted by molar-refractivity contribution is -0.322. The molecule has 0 aliphatic carbocycles. The number of fused-ring (bicyclic) bond motifs is 1. The molecule has 5 rings (SSSR count). The van der Waals surface area contributed by atoms with Crippen molar-refractivity contribution >= 4 is 35.2 Å². The van der Waals surface area contributed by atoms with Gasteiger partial charge in [0.25, 0.3) is 11.8 Å². The van der Waals surface area contributed by atoms with E-state index in [0.29, 0.717) is 16.2 Å². The summed E-state index contributed by atoms with van der Waals surface area (Å²) in [6.07, 6.45) is -8.39. The van der Waals surface area contributed by atoms with Crippen LogP contribution in [0.4, 0.5) is 32.0 Å². The summed E-state index contributed by atoms with van der Waals surface area (Å²) >= 11 is 0. The van der Waals surface area contributed by atoms with Gasteiger partial charge in [0, 0.05) is 43.5 Å². The Morgan fingerprint density at radius 1 is 1.00 bits per heavy atom. The molecule has 0 radical (unpaired) electrons. The Balaban J connectivity index is 1.22. The van der Waals surface area contributed by atoms with Crippen LogP contribution in [-0.4, -0.2) is 80.6 Å². The largest absolute Gasteiger partial charge is 0.411 e. The van der Waals surface area contributed by atoms with Gasteiger partial charge >= 0.3 is 12.4 Å². The molecule has 2 aromatic rings. The highest BCUT2D eigenvalue weighted by molar-refractivity contribution is 6.25. The van der Waals surface area contributed by atoms with Crippen molar-refractivity contribution in [3.8, 4) is 0 Å². The molecule has 11 nitrogen and oxygen atoms in total. The molecule has 17 heteroatoms. The fourth-order valence-corrected chi connectivity index (χ4v) is 5.58. The van der Waals surface area contributed by atoms with Crippen LogP contribution in [0.1, 0.15) is 64.9 Å². The normalized spacial score (nSPS) is 20.2. The first kappa shape index (κ1) is 31.0. The first-order valence-electron chi connectivity index (χ1n) is 13.6. The maximum Gasteiger partial charge on any atom is 0.411 e. The highest BCUT2D eigenvalue weighted by Crippen LogP contribution is 2.51. The minimum Gasteiger partial charge on any atom is -0.380 e. The van der Waals surface area contributed by atoms with E-state index in [1.54, 1.807) is 18.3 Å². The molecule has 4 heterocycles. The topological polar surface area (TPSA) is 134 Å². The fraction of sp³-hybridized carbons (Fsp3) is 0.481. The van der Waals surface area contributed by atoms with E-state index in [0.717, 1.165) is 4.90 Å². The molecule has 5 amide bonds. The van der Waals surface area contributed by atoms with Gasteiger partial charge in [0.05, 0.1) is 23.4 Å². The van der Waals surface area contributed by atoms with Crippen LogP contribution in [0.25, 0.3) is 0 Å². The number of imide groups is 2. The summed E-state index contributed by atoms with van der Waals surface area (Å²) in [5.74, 6) is -4.61. The van der Waals surface area contributed by atoms with Gasteiger partial charge in [-0.2, -0.15) is 31.4 Å². The van der Waals surface area contributed by atoms with Gasteiger partial charge in [-0.3, -0.25) is 38.9 Å². The fourth-order valence-electron chi connectivity index (χ4n) is 5.58. The monoisotopic (exact) mass is 628 g/mol. The van der Waals surface area contributed by atoms with Gasteiger partial charge in [0.2, 0.25) is 23.1 Å². The maximum absolute atomic E-state index is 13.3. The van der Waals surface area contributed by atoms with Gasteiger partial charge in [-0.05, 0) is 38.3 Å². The third kappa shape index (κ3) is 5.17. The number of halogens is 6. The van der Waals surface area contributed by atoms with Gasteiger partial charge in [-0.25, -0.2) is 0 Å². The number of hydrogen-bond donors (Lipinski definition) is 2. The lowest BCUT2D eigenvalue weighted by Crippen LogP contribution is -2.59. The first-order chi connectivity index (χ1) is 20.5. The number of benzene rings is 1. The van der Waals surface area contributed by atoms with Crippen LogP contribution < -0.4 is 10.6 Å². The number of aromatic nitrogens is 2. The molecule has 1 aromatic carbocycles. The smallest absolute Gasteiger partial charge is 0.380 e. The molecule has 1 aromatic heterocycles. The maximum atomic E-state index is 13.3. The van der Waals surface area contributed by atoms with Crippen LogP contribution >= 0.6 is 0 Å².